The first kappa shape index (κ1) is 37.1. The molecule has 0 spiro atoms. The van der Waals surface area contributed by atoms with Gasteiger partial charge in [-0.1, -0.05) is 198 Å². The van der Waals surface area contributed by atoms with Crippen LogP contribution < -0.4 is 0 Å². The van der Waals surface area contributed by atoms with Gasteiger partial charge in [-0.15, -0.1) is 0 Å². The van der Waals surface area contributed by atoms with Crippen molar-refractivity contribution in [1.29, 1.82) is 0 Å². The first-order valence-electron chi connectivity index (χ1n) is 15.7. The van der Waals surface area contributed by atoms with Crippen LogP contribution in [0.25, 0.3) is 0 Å². The second-order valence-electron chi connectivity index (χ2n) is 11.2. The Hall–Kier alpha value is -2.75. The fraction of sp³-hybridized carbons (Fsp3) is 0.143. The van der Waals surface area contributed by atoms with Crippen LogP contribution in [0.1, 0.15) is 33.4 Å². The van der Waals surface area contributed by atoms with Crippen molar-refractivity contribution in [2.45, 2.75) is 37.0 Å². The van der Waals surface area contributed by atoms with Gasteiger partial charge in [0.2, 0.25) is 0 Å². The Balaban J connectivity index is 0.000000197. The van der Waals surface area contributed by atoms with Gasteiger partial charge in [-0.2, -0.15) is 0 Å². The summed E-state index contributed by atoms with van der Waals surface area (Å²) in [4.78, 5) is 0. The molecule has 0 unspecified atom stereocenters. The van der Waals surface area contributed by atoms with Crippen LogP contribution in [0.4, 0.5) is 0 Å². The molecule has 244 valence electrons. The maximum atomic E-state index is 4.70. The van der Waals surface area contributed by atoms with Crippen LogP contribution >= 0.6 is 36.2 Å². The molecule has 47 heavy (non-hydrogen) atoms. The normalized spacial score (nSPS) is 10.6. The van der Waals surface area contributed by atoms with Gasteiger partial charge in [-0.3, -0.25) is 0 Å². The Morgan fingerprint density at radius 2 is 0.404 bits per heavy atom. The largest absolute Gasteiger partial charge is 0.0932 e. The van der Waals surface area contributed by atoms with E-state index < -0.39 is 0 Å². The Kier molecular flexibility index (Phi) is 18.0. The average Bonchev–Trinajstić information content (AvgIpc) is 3.12. The molecule has 6 rings (SSSR count). The van der Waals surface area contributed by atoms with Gasteiger partial charge in [0.1, 0.15) is 0 Å². The van der Waals surface area contributed by atoms with Gasteiger partial charge in [0.25, 0.3) is 0 Å². The topological polar surface area (TPSA) is 0 Å². The van der Waals surface area contributed by atoms with E-state index in [4.69, 9.17) is 20.4 Å². The molecule has 0 radical (unpaired) electrons. The van der Waals surface area contributed by atoms with Crippen LogP contribution in [0.15, 0.2) is 182 Å². The van der Waals surface area contributed by atoms with Crippen molar-refractivity contribution >= 4 is 36.2 Å². The summed E-state index contributed by atoms with van der Waals surface area (Å²) < 4.78 is 0. The maximum absolute atomic E-state index is 4.70. The number of hydrogen-bond acceptors (Lipinski definition) is 0. The van der Waals surface area contributed by atoms with Crippen molar-refractivity contribution in [1.82, 2.24) is 0 Å². The van der Waals surface area contributed by atoms with Gasteiger partial charge in [-0.05, 0) is 70.4 Å². The fourth-order valence-corrected chi connectivity index (χ4v) is 10.4. The summed E-state index contributed by atoms with van der Waals surface area (Å²) in [5.74, 6) is 0. The molecule has 0 heterocycles. The summed E-state index contributed by atoms with van der Waals surface area (Å²) in [5, 5.41) is 0. The van der Waals surface area contributed by atoms with Crippen LogP contribution in [0.3, 0.4) is 0 Å². The molecule has 0 bridgehead atoms. The third-order valence-electron chi connectivity index (χ3n) is 7.49. The zero-order valence-corrected chi connectivity index (χ0v) is 30.8. The van der Waals surface area contributed by atoms with E-state index in [1.54, 1.807) is 0 Å². The van der Waals surface area contributed by atoms with Crippen molar-refractivity contribution in [3.05, 3.63) is 215 Å². The maximum Gasteiger partial charge on any atom is -0.00671 e. The van der Waals surface area contributed by atoms with Crippen molar-refractivity contribution in [2.75, 3.05) is 0 Å². The molecule has 0 aliphatic heterocycles. The number of halogens is 2. The standard InChI is InChI=1S/2C21H21P.2ClH.Ni/c2*1-4-10-19(11-5-1)16-22(17-20-12-6-2-7-13-20)18-21-14-8-3-9-15-21;;;/h2*1-15H,16-18H2;2*1H;/q;;;;+2/p-2. The zero-order valence-electron chi connectivity index (χ0n) is 26.5. The van der Waals surface area contributed by atoms with E-state index in [-0.39, 0.29) is 15.8 Å². The molecular weight excluding hydrogens is 696 g/mol. The minimum Gasteiger partial charge on any atom is -0.0932 e. The molecule has 0 fully saturated rings. The Morgan fingerprint density at radius 1 is 0.277 bits per heavy atom. The van der Waals surface area contributed by atoms with Gasteiger partial charge < -0.3 is 0 Å². The second kappa shape index (κ2) is 22.8. The van der Waals surface area contributed by atoms with Gasteiger partial charge in [-0.25, -0.2) is 0 Å². The van der Waals surface area contributed by atoms with Crippen LogP contribution in [-0.4, -0.2) is 0 Å². The Morgan fingerprint density at radius 3 is 0.532 bits per heavy atom. The van der Waals surface area contributed by atoms with E-state index in [1.165, 1.54) is 70.4 Å². The quantitative estimate of drug-likeness (QED) is 0.0866. The van der Waals surface area contributed by atoms with Crippen LogP contribution in [0.5, 0.6) is 0 Å². The Labute approximate surface area is 299 Å². The molecular formula is C42H42Cl2NiP2. The molecule has 5 heteroatoms. The zero-order chi connectivity index (χ0) is 32.8. The summed E-state index contributed by atoms with van der Waals surface area (Å²) in [5.41, 5.74) is 8.75. The van der Waals surface area contributed by atoms with E-state index in [1.807, 2.05) is 0 Å². The van der Waals surface area contributed by atoms with Gasteiger partial charge >= 0.3 is 33.0 Å². The van der Waals surface area contributed by atoms with Gasteiger partial charge in [0.05, 0.1) is 0 Å². The molecule has 0 saturated carbocycles. The predicted molar refractivity (Wildman–Crippen MR) is 206 cm³/mol. The van der Waals surface area contributed by atoms with Crippen molar-refractivity contribution in [3.8, 4) is 0 Å². The minimum absolute atomic E-state index is 0.0895. The van der Waals surface area contributed by atoms with E-state index >= 15 is 0 Å². The summed E-state index contributed by atoms with van der Waals surface area (Å²) >= 11 is 0.569. The molecule has 0 aliphatic carbocycles. The van der Waals surface area contributed by atoms with Crippen molar-refractivity contribution < 1.29 is 12.7 Å². The third kappa shape index (κ3) is 15.3. The van der Waals surface area contributed by atoms with E-state index in [0.717, 1.165) is 0 Å². The fourth-order valence-electron chi connectivity index (χ4n) is 5.39. The molecule has 0 atom stereocenters. The Bertz CT molecular complexity index is 1290. The van der Waals surface area contributed by atoms with E-state index in [9.17, 15) is 0 Å². The SMILES string of the molecule is [Cl][Ni][Cl].c1ccc(CP(Cc2ccccc2)Cc2ccccc2)cc1.c1ccc(CP(Cc2ccccc2)Cc2ccccc2)cc1. The molecule has 6 aromatic rings. The molecule has 6 aromatic carbocycles. The van der Waals surface area contributed by atoms with E-state index in [0.29, 0.717) is 12.7 Å². The summed E-state index contributed by atoms with van der Waals surface area (Å²) in [7, 11) is 9.22. The minimum atomic E-state index is -0.0895. The predicted octanol–water partition coefficient (Wildman–Crippen LogP) is 13.5. The monoisotopic (exact) mass is 736 g/mol. The summed E-state index contributed by atoms with van der Waals surface area (Å²) in [6, 6.07) is 65.4. The molecule has 0 N–H and O–H groups in total. The van der Waals surface area contributed by atoms with Crippen LogP contribution in [-0.2, 0) is 49.6 Å². The summed E-state index contributed by atoms with van der Waals surface area (Å²) in [6.45, 7) is 0. The van der Waals surface area contributed by atoms with E-state index in [2.05, 4.69) is 182 Å². The first-order chi connectivity index (χ1) is 23.2. The van der Waals surface area contributed by atoms with Gasteiger partial charge in [0, 0.05) is 0 Å². The number of hydrogen-bond donors (Lipinski definition) is 0. The van der Waals surface area contributed by atoms with Crippen LogP contribution in [0, 0.1) is 0 Å². The number of benzene rings is 6. The van der Waals surface area contributed by atoms with Crippen molar-refractivity contribution in [3.63, 3.8) is 0 Å². The van der Waals surface area contributed by atoms with Crippen molar-refractivity contribution in [2.24, 2.45) is 0 Å². The number of rotatable bonds is 12. The molecule has 0 nitrogen and oxygen atoms in total. The van der Waals surface area contributed by atoms with Crippen LogP contribution in [0.2, 0.25) is 0 Å². The summed E-state index contributed by atoms with van der Waals surface area (Å²) in [6.07, 6.45) is 7.17. The smallest absolute Gasteiger partial charge is 0.00671 e. The molecule has 0 aliphatic rings. The molecule has 0 aromatic heterocycles. The average molecular weight is 738 g/mol. The first-order valence-corrected chi connectivity index (χ1v) is 22.2. The van der Waals surface area contributed by atoms with Gasteiger partial charge in [0.15, 0.2) is 0 Å². The second-order valence-corrected chi connectivity index (χ2v) is 17.5. The molecule has 0 amide bonds. The molecule has 0 saturated heterocycles. The third-order valence-corrected chi connectivity index (χ3v) is 12.4.